The molecule has 0 fully saturated rings. The fourth-order valence-electron chi connectivity index (χ4n) is 2.91. The lowest BCUT2D eigenvalue weighted by Gasteiger charge is -2.13. The number of amides is 1. The molecule has 3 rings (SSSR count). The second-order valence-electron chi connectivity index (χ2n) is 5.64. The van der Waals surface area contributed by atoms with Crippen LogP contribution in [0, 0.1) is 0 Å². The Bertz CT molecular complexity index is 957. The summed E-state index contributed by atoms with van der Waals surface area (Å²) >= 11 is 0. The minimum absolute atomic E-state index is 0.168. The topological polar surface area (TPSA) is 51.1 Å². The Labute approximate surface area is 140 Å². The predicted molar refractivity (Wildman–Crippen MR) is 97.7 cm³/mol. The molecular weight excluding hydrogens is 300 g/mol. The first kappa shape index (κ1) is 16.0. The van der Waals surface area contributed by atoms with E-state index in [1.54, 1.807) is 12.3 Å². The van der Waals surface area contributed by atoms with Crippen molar-refractivity contribution in [1.29, 1.82) is 0 Å². The summed E-state index contributed by atoms with van der Waals surface area (Å²) in [7, 11) is 0. The van der Waals surface area contributed by atoms with Gasteiger partial charge in [-0.1, -0.05) is 37.3 Å². The van der Waals surface area contributed by atoms with E-state index >= 15 is 0 Å². The molecule has 0 aliphatic heterocycles. The fourth-order valence-corrected chi connectivity index (χ4v) is 2.91. The highest BCUT2D eigenvalue weighted by Gasteiger charge is 2.16. The number of rotatable bonds is 4. The largest absolute Gasteiger partial charge is 0.347 e. The molecule has 0 atom stereocenters. The molecule has 4 nitrogen and oxygen atoms in total. The average molecular weight is 320 g/mol. The number of para-hydroxylation sites is 2. The van der Waals surface area contributed by atoms with Gasteiger partial charge in [-0.25, -0.2) is 0 Å². The maximum Gasteiger partial charge on any atom is 0.261 e. The summed E-state index contributed by atoms with van der Waals surface area (Å²) in [4.78, 5) is 25.4. The summed E-state index contributed by atoms with van der Waals surface area (Å²) in [6.07, 6.45) is 2.46. The van der Waals surface area contributed by atoms with Crippen LogP contribution in [0.5, 0.6) is 0 Å². The lowest BCUT2D eigenvalue weighted by Crippen LogP contribution is -2.24. The summed E-state index contributed by atoms with van der Waals surface area (Å²) in [6, 6.07) is 15.0. The van der Waals surface area contributed by atoms with Gasteiger partial charge in [-0.3, -0.25) is 9.59 Å². The third-order valence-electron chi connectivity index (χ3n) is 4.22. The van der Waals surface area contributed by atoms with Gasteiger partial charge in [-0.2, -0.15) is 0 Å². The third kappa shape index (κ3) is 2.83. The van der Waals surface area contributed by atoms with Crippen molar-refractivity contribution in [3.63, 3.8) is 0 Å². The van der Waals surface area contributed by atoms with Gasteiger partial charge in [-0.05, 0) is 37.1 Å². The Balaban J connectivity index is 2.07. The van der Waals surface area contributed by atoms with Crippen molar-refractivity contribution in [3.8, 4) is 0 Å². The van der Waals surface area contributed by atoms with Crippen LogP contribution in [0.25, 0.3) is 10.9 Å². The van der Waals surface area contributed by atoms with Crippen LogP contribution in [0.1, 0.15) is 29.8 Å². The first-order valence-corrected chi connectivity index (χ1v) is 8.17. The second-order valence-corrected chi connectivity index (χ2v) is 5.64. The Hall–Kier alpha value is -2.88. The van der Waals surface area contributed by atoms with E-state index in [4.69, 9.17) is 0 Å². The maximum absolute atomic E-state index is 12.7. The van der Waals surface area contributed by atoms with Crippen LogP contribution >= 0.6 is 0 Å². The second kappa shape index (κ2) is 6.71. The number of nitrogens with zero attached hydrogens (tertiary/aromatic N) is 1. The number of benzene rings is 2. The van der Waals surface area contributed by atoms with E-state index < -0.39 is 0 Å². The summed E-state index contributed by atoms with van der Waals surface area (Å²) in [6.45, 7) is 4.71. The highest BCUT2D eigenvalue weighted by Crippen LogP contribution is 2.17. The van der Waals surface area contributed by atoms with Crippen LogP contribution in [0.4, 0.5) is 5.69 Å². The van der Waals surface area contributed by atoms with Crippen molar-refractivity contribution >= 4 is 22.5 Å². The predicted octanol–water partition coefficient (Wildman–Crippen LogP) is 3.84. The number of hydrogen-bond acceptors (Lipinski definition) is 2. The summed E-state index contributed by atoms with van der Waals surface area (Å²) in [5.74, 6) is -0.367. The molecule has 0 spiro atoms. The van der Waals surface area contributed by atoms with E-state index in [0.29, 0.717) is 11.9 Å². The van der Waals surface area contributed by atoms with Gasteiger partial charge in [0.2, 0.25) is 5.43 Å². The Morgan fingerprint density at radius 1 is 1.04 bits per heavy atom. The standard InChI is InChI=1S/C20H20N2O2/c1-3-14-9-5-7-11-17(14)21-20(24)16-13-22(4-2)18-12-8-6-10-15(18)19(16)23/h5-13H,3-4H2,1-2H3,(H,21,24). The minimum Gasteiger partial charge on any atom is -0.347 e. The lowest BCUT2D eigenvalue weighted by molar-refractivity contribution is 0.102. The van der Waals surface area contributed by atoms with Crippen molar-refractivity contribution in [2.24, 2.45) is 0 Å². The molecule has 122 valence electrons. The molecular formula is C20H20N2O2. The highest BCUT2D eigenvalue weighted by molar-refractivity contribution is 6.06. The number of nitrogens with one attached hydrogen (secondary N) is 1. The van der Waals surface area contributed by atoms with Gasteiger partial charge < -0.3 is 9.88 Å². The number of fused-ring (bicyclic) bond motifs is 1. The molecule has 0 aliphatic carbocycles. The number of carbonyl (C=O) groups is 1. The van der Waals surface area contributed by atoms with Gasteiger partial charge in [0, 0.05) is 23.8 Å². The van der Waals surface area contributed by atoms with Crippen molar-refractivity contribution in [2.75, 3.05) is 5.32 Å². The molecule has 24 heavy (non-hydrogen) atoms. The molecule has 1 aromatic heterocycles. The van der Waals surface area contributed by atoms with E-state index in [0.717, 1.165) is 23.2 Å². The van der Waals surface area contributed by atoms with Crippen molar-refractivity contribution in [2.45, 2.75) is 26.8 Å². The van der Waals surface area contributed by atoms with Gasteiger partial charge in [0.15, 0.2) is 0 Å². The van der Waals surface area contributed by atoms with Gasteiger partial charge in [-0.15, -0.1) is 0 Å². The molecule has 1 amide bonds. The van der Waals surface area contributed by atoms with Crippen molar-refractivity contribution < 1.29 is 4.79 Å². The Morgan fingerprint density at radius 2 is 1.75 bits per heavy atom. The third-order valence-corrected chi connectivity index (χ3v) is 4.22. The monoisotopic (exact) mass is 320 g/mol. The normalized spacial score (nSPS) is 10.8. The van der Waals surface area contributed by atoms with Crippen LogP contribution in [0.2, 0.25) is 0 Å². The number of carbonyl (C=O) groups excluding carboxylic acids is 1. The highest BCUT2D eigenvalue weighted by atomic mass is 16.2. The van der Waals surface area contributed by atoms with Crippen LogP contribution in [-0.2, 0) is 13.0 Å². The molecule has 2 aromatic carbocycles. The molecule has 0 aliphatic rings. The van der Waals surface area contributed by atoms with Crippen molar-refractivity contribution in [3.05, 3.63) is 76.1 Å². The van der Waals surface area contributed by atoms with Crippen LogP contribution < -0.4 is 10.7 Å². The smallest absolute Gasteiger partial charge is 0.261 e. The molecule has 1 N–H and O–H groups in total. The quantitative estimate of drug-likeness (QED) is 0.794. The summed E-state index contributed by atoms with van der Waals surface area (Å²) in [5.41, 5.74) is 2.57. The van der Waals surface area contributed by atoms with E-state index in [1.165, 1.54) is 0 Å². The van der Waals surface area contributed by atoms with E-state index in [-0.39, 0.29) is 16.9 Å². The van der Waals surface area contributed by atoms with E-state index in [2.05, 4.69) is 5.32 Å². The zero-order valence-corrected chi connectivity index (χ0v) is 13.9. The van der Waals surface area contributed by atoms with Gasteiger partial charge in [0.05, 0.1) is 5.52 Å². The number of hydrogen-bond donors (Lipinski definition) is 1. The maximum atomic E-state index is 12.7. The summed E-state index contributed by atoms with van der Waals surface area (Å²) in [5, 5.41) is 3.45. The zero-order valence-electron chi connectivity index (χ0n) is 13.9. The minimum atomic E-state index is -0.367. The molecule has 1 heterocycles. The van der Waals surface area contributed by atoms with E-state index in [9.17, 15) is 9.59 Å². The van der Waals surface area contributed by atoms with Gasteiger partial charge in [0.25, 0.3) is 5.91 Å². The first-order chi connectivity index (χ1) is 11.7. The van der Waals surface area contributed by atoms with Crippen LogP contribution in [0.15, 0.2) is 59.5 Å². The molecule has 0 saturated carbocycles. The van der Waals surface area contributed by atoms with Crippen LogP contribution in [-0.4, -0.2) is 10.5 Å². The number of aromatic nitrogens is 1. The number of anilines is 1. The first-order valence-electron chi connectivity index (χ1n) is 8.17. The molecule has 4 heteroatoms. The molecule has 0 radical (unpaired) electrons. The molecule has 0 unspecified atom stereocenters. The fraction of sp³-hybridized carbons (Fsp3) is 0.200. The zero-order chi connectivity index (χ0) is 17.1. The van der Waals surface area contributed by atoms with Crippen molar-refractivity contribution in [1.82, 2.24) is 4.57 Å². The van der Waals surface area contributed by atoms with Crippen LogP contribution in [0.3, 0.4) is 0 Å². The molecule has 0 bridgehead atoms. The molecule has 0 saturated heterocycles. The lowest BCUT2D eigenvalue weighted by atomic mass is 10.1. The van der Waals surface area contributed by atoms with Gasteiger partial charge in [0.1, 0.15) is 5.56 Å². The number of aryl methyl sites for hydroxylation is 2. The Morgan fingerprint density at radius 3 is 2.50 bits per heavy atom. The molecule has 3 aromatic rings. The number of pyridine rings is 1. The van der Waals surface area contributed by atoms with E-state index in [1.807, 2.05) is 60.9 Å². The summed E-state index contributed by atoms with van der Waals surface area (Å²) < 4.78 is 1.93. The Kier molecular flexibility index (Phi) is 4.47. The average Bonchev–Trinajstić information content (AvgIpc) is 2.62. The SMILES string of the molecule is CCc1ccccc1NC(=O)c1cn(CC)c2ccccc2c1=O. The van der Waals surface area contributed by atoms with Gasteiger partial charge >= 0.3 is 0 Å².